The fourth-order valence-corrected chi connectivity index (χ4v) is 3.21. The molecule has 1 aromatic heterocycles. The molecule has 0 unspecified atom stereocenters. The van der Waals surface area contributed by atoms with E-state index in [4.69, 9.17) is 0 Å². The third-order valence-electron chi connectivity index (χ3n) is 4.33. The summed E-state index contributed by atoms with van der Waals surface area (Å²) in [4.78, 5) is 18.2. The quantitative estimate of drug-likeness (QED) is 0.932. The molecule has 4 nitrogen and oxygen atoms in total. The summed E-state index contributed by atoms with van der Waals surface area (Å²) in [5, 5.41) is 10.1. The van der Waals surface area contributed by atoms with Crippen molar-refractivity contribution in [2.75, 3.05) is 18.5 Å². The van der Waals surface area contributed by atoms with E-state index >= 15 is 0 Å². The zero-order valence-corrected chi connectivity index (χ0v) is 12.2. The topological polar surface area (TPSA) is 53.4 Å². The minimum Gasteiger partial charge on any atom is -0.478 e. The molecule has 1 aromatic carbocycles. The Morgan fingerprint density at radius 2 is 2.05 bits per heavy atom. The van der Waals surface area contributed by atoms with Crippen LogP contribution in [-0.2, 0) is 0 Å². The Labute approximate surface area is 124 Å². The molecule has 1 N–H and O–H groups in total. The first kappa shape index (κ1) is 13.9. The second-order valence-corrected chi connectivity index (χ2v) is 5.88. The van der Waals surface area contributed by atoms with Crippen LogP contribution in [0.15, 0.2) is 30.3 Å². The number of pyridine rings is 1. The second kappa shape index (κ2) is 5.72. The van der Waals surface area contributed by atoms with Gasteiger partial charge in [-0.15, -0.1) is 0 Å². The van der Waals surface area contributed by atoms with Crippen molar-refractivity contribution in [1.82, 2.24) is 4.98 Å². The van der Waals surface area contributed by atoms with Crippen LogP contribution in [0.4, 0.5) is 5.82 Å². The number of carboxylic acid groups (broad SMARTS) is 1. The van der Waals surface area contributed by atoms with Crippen molar-refractivity contribution >= 4 is 22.7 Å². The number of carboxylic acids is 1. The van der Waals surface area contributed by atoms with Crippen molar-refractivity contribution in [2.45, 2.75) is 25.7 Å². The van der Waals surface area contributed by atoms with Crippen LogP contribution >= 0.6 is 0 Å². The van der Waals surface area contributed by atoms with E-state index in [2.05, 4.69) is 9.88 Å². The highest BCUT2D eigenvalue weighted by atomic mass is 16.4. The number of anilines is 1. The number of aromatic nitrogens is 1. The van der Waals surface area contributed by atoms with Gasteiger partial charge in [-0.05, 0) is 30.9 Å². The molecule has 1 heterocycles. The number of carbonyl (C=O) groups is 1. The van der Waals surface area contributed by atoms with Crippen LogP contribution in [0.3, 0.4) is 0 Å². The number of hydrogen-bond acceptors (Lipinski definition) is 3. The van der Waals surface area contributed by atoms with Gasteiger partial charge >= 0.3 is 5.97 Å². The zero-order chi connectivity index (χ0) is 14.8. The van der Waals surface area contributed by atoms with Crippen LogP contribution in [0.2, 0.25) is 0 Å². The van der Waals surface area contributed by atoms with E-state index in [-0.39, 0.29) is 0 Å². The van der Waals surface area contributed by atoms with E-state index in [1.807, 2.05) is 31.3 Å². The maximum Gasteiger partial charge on any atom is 0.336 e. The third kappa shape index (κ3) is 2.84. The summed E-state index contributed by atoms with van der Waals surface area (Å²) in [7, 11) is 2.00. The van der Waals surface area contributed by atoms with Gasteiger partial charge in [0.15, 0.2) is 0 Å². The SMILES string of the molecule is CN(CC1CCCC1)c1cc(C(=O)O)c2ccccc2n1. The molecule has 1 aliphatic rings. The van der Waals surface area contributed by atoms with E-state index < -0.39 is 5.97 Å². The Bertz CT molecular complexity index is 663. The van der Waals surface area contributed by atoms with Gasteiger partial charge < -0.3 is 10.0 Å². The predicted molar refractivity (Wildman–Crippen MR) is 83.9 cm³/mol. The molecule has 1 saturated carbocycles. The Morgan fingerprint density at radius 3 is 2.76 bits per heavy atom. The van der Waals surface area contributed by atoms with Crippen LogP contribution in [-0.4, -0.2) is 29.7 Å². The maximum absolute atomic E-state index is 11.5. The normalized spacial score (nSPS) is 15.5. The van der Waals surface area contributed by atoms with E-state index in [1.165, 1.54) is 25.7 Å². The maximum atomic E-state index is 11.5. The lowest BCUT2D eigenvalue weighted by Crippen LogP contribution is -2.25. The molecular formula is C17H20N2O2. The average Bonchev–Trinajstić information content (AvgIpc) is 2.98. The highest BCUT2D eigenvalue weighted by Gasteiger charge is 2.19. The summed E-state index contributed by atoms with van der Waals surface area (Å²) < 4.78 is 0. The molecule has 0 bridgehead atoms. The first-order valence-electron chi connectivity index (χ1n) is 7.49. The monoisotopic (exact) mass is 284 g/mol. The Hall–Kier alpha value is -2.10. The van der Waals surface area contributed by atoms with E-state index in [0.29, 0.717) is 16.9 Å². The molecule has 0 aliphatic heterocycles. The standard InChI is InChI=1S/C17H20N2O2/c1-19(11-12-6-2-3-7-12)16-10-14(17(20)21)13-8-4-5-9-15(13)18-16/h4-5,8-10,12H,2-3,6-7,11H2,1H3,(H,20,21). The molecule has 0 amide bonds. The minimum atomic E-state index is -0.899. The third-order valence-corrected chi connectivity index (χ3v) is 4.33. The summed E-state index contributed by atoms with van der Waals surface area (Å²) in [5.74, 6) is 0.554. The van der Waals surface area contributed by atoms with Gasteiger partial charge in [0.05, 0.1) is 11.1 Å². The highest BCUT2D eigenvalue weighted by molar-refractivity contribution is 6.03. The van der Waals surface area contributed by atoms with Crippen molar-refractivity contribution in [3.8, 4) is 0 Å². The molecule has 0 saturated heterocycles. The van der Waals surface area contributed by atoms with Gasteiger partial charge in [-0.2, -0.15) is 0 Å². The smallest absolute Gasteiger partial charge is 0.336 e. The summed E-state index contributed by atoms with van der Waals surface area (Å²) in [5.41, 5.74) is 1.07. The summed E-state index contributed by atoms with van der Waals surface area (Å²) in [6.07, 6.45) is 5.15. The Morgan fingerprint density at radius 1 is 1.33 bits per heavy atom. The van der Waals surface area contributed by atoms with E-state index in [9.17, 15) is 9.90 Å². The van der Waals surface area contributed by atoms with Crippen molar-refractivity contribution < 1.29 is 9.90 Å². The van der Waals surface area contributed by atoms with Gasteiger partial charge in [0.25, 0.3) is 0 Å². The molecule has 21 heavy (non-hydrogen) atoms. The predicted octanol–water partition coefficient (Wildman–Crippen LogP) is 3.56. The number of hydrogen-bond donors (Lipinski definition) is 1. The molecule has 3 rings (SSSR count). The lowest BCUT2D eigenvalue weighted by Gasteiger charge is -2.22. The van der Waals surface area contributed by atoms with Gasteiger partial charge in [-0.25, -0.2) is 9.78 Å². The van der Waals surface area contributed by atoms with E-state index in [0.717, 1.165) is 17.9 Å². The van der Waals surface area contributed by atoms with Crippen molar-refractivity contribution in [2.24, 2.45) is 5.92 Å². The molecule has 0 spiro atoms. The van der Waals surface area contributed by atoms with Crippen LogP contribution in [0, 0.1) is 5.92 Å². The fourth-order valence-electron chi connectivity index (χ4n) is 3.21. The molecule has 0 atom stereocenters. The number of rotatable bonds is 4. The van der Waals surface area contributed by atoms with Gasteiger partial charge in [0.2, 0.25) is 0 Å². The first-order chi connectivity index (χ1) is 10.1. The van der Waals surface area contributed by atoms with Gasteiger partial charge in [0.1, 0.15) is 5.82 Å². The second-order valence-electron chi connectivity index (χ2n) is 5.88. The Kier molecular flexibility index (Phi) is 3.78. The van der Waals surface area contributed by atoms with Crippen LogP contribution in [0.25, 0.3) is 10.9 Å². The lowest BCUT2D eigenvalue weighted by atomic mass is 10.1. The molecule has 4 heteroatoms. The average molecular weight is 284 g/mol. The number of aromatic carboxylic acids is 1. The minimum absolute atomic E-state index is 0.328. The van der Waals surface area contributed by atoms with Crippen LogP contribution < -0.4 is 4.90 Å². The largest absolute Gasteiger partial charge is 0.478 e. The molecular weight excluding hydrogens is 264 g/mol. The zero-order valence-electron chi connectivity index (χ0n) is 12.2. The van der Waals surface area contributed by atoms with Crippen molar-refractivity contribution in [3.05, 3.63) is 35.9 Å². The molecule has 2 aromatic rings. The summed E-state index contributed by atoms with van der Waals surface area (Å²) in [6.45, 7) is 0.949. The van der Waals surface area contributed by atoms with E-state index in [1.54, 1.807) is 6.07 Å². The molecule has 0 radical (unpaired) electrons. The summed E-state index contributed by atoms with van der Waals surface area (Å²) >= 11 is 0. The summed E-state index contributed by atoms with van der Waals surface area (Å²) in [6, 6.07) is 9.11. The van der Waals surface area contributed by atoms with Crippen molar-refractivity contribution in [1.29, 1.82) is 0 Å². The van der Waals surface area contributed by atoms with Crippen molar-refractivity contribution in [3.63, 3.8) is 0 Å². The number of benzene rings is 1. The molecule has 110 valence electrons. The lowest BCUT2D eigenvalue weighted by molar-refractivity contribution is 0.0699. The number of nitrogens with zero attached hydrogens (tertiary/aromatic N) is 2. The highest BCUT2D eigenvalue weighted by Crippen LogP contribution is 2.28. The van der Waals surface area contributed by atoms with Crippen LogP contribution in [0.5, 0.6) is 0 Å². The number of fused-ring (bicyclic) bond motifs is 1. The number of para-hydroxylation sites is 1. The molecule has 1 aliphatic carbocycles. The first-order valence-corrected chi connectivity index (χ1v) is 7.49. The Balaban J connectivity index is 1.96. The fraction of sp³-hybridized carbons (Fsp3) is 0.412. The molecule has 1 fully saturated rings. The van der Waals surface area contributed by atoms with Crippen LogP contribution in [0.1, 0.15) is 36.0 Å². The van der Waals surface area contributed by atoms with Gasteiger partial charge in [-0.3, -0.25) is 0 Å². The van der Waals surface area contributed by atoms with Gasteiger partial charge in [-0.1, -0.05) is 31.0 Å². The van der Waals surface area contributed by atoms with Gasteiger partial charge in [0, 0.05) is 19.0 Å².